The second-order valence-corrected chi connectivity index (χ2v) is 5.39. The van der Waals surface area contributed by atoms with E-state index in [2.05, 4.69) is 5.92 Å². The Morgan fingerprint density at radius 2 is 2.14 bits per heavy atom. The van der Waals surface area contributed by atoms with Gasteiger partial charge in [0.25, 0.3) is 0 Å². The molecule has 1 aromatic rings. The number of hydrogen-bond acceptors (Lipinski definition) is 5. The van der Waals surface area contributed by atoms with E-state index in [4.69, 9.17) is 15.9 Å². The number of nitrogens with zero attached hydrogens (tertiary/aromatic N) is 1. The van der Waals surface area contributed by atoms with Crippen LogP contribution in [0.3, 0.4) is 0 Å². The lowest BCUT2D eigenvalue weighted by atomic mass is 10.0. The highest BCUT2D eigenvalue weighted by Crippen LogP contribution is 2.25. The third-order valence-electron chi connectivity index (χ3n) is 3.85. The van der Waals surface area contributed by atoms with Gasteiger partial charge in [0.2, 0.25) is 0 Å². The zero-order valence-electron chi connectivity index (χ0n) is 12.9. The van der Waals surface area contributed by atoms with Crippen LogP contribution in [0, 0.1) is 12.3 Å². The minimum Gasteiger partial charge on any atom is -0.497 e. The highest BCUT2D eigenvalue weighted by Gasteiger charge is 2.42. The van der Waals surface area contributed by atoms with Gasteiger partial charge in [-0.1, -0.05) is 18.1 Å². The van der Waals surface area contributed by atoms with E-state index in [0.29, 0.717) is 19.5 Å². The monoisotopic (exact) mass is 303 g/mol. The van der Waals surface area contributed by atoms with Gasteiger partial charge in [-0.25, -0.2) is 0 Å². The van der Waals surface area contributed by atoms with E-state index in [1.54, 1.807) is 7.11 Å². The Morgan fingerprint density at radius 3 is 2.68 bits per heavy atom. The number of aliphatic hydroxyl groups is 1. The maximum absolute atomic E-state index is 11.3. The van der Waals surface area contributed by atoms with E-state index in [1.165, 1.54) is 6.92 Å². The Kier molecular flexibility index (Phi) is 5.42. The summed E-state index contributed by atoms with van der Waals surface area (Å²) >= 11 is 0. The van der Waals surface area contributed by atoms with Crippen LogP contribution in [-0.2, 0) is 16.0 Å². The number of terminal acetylenes is 1. The van der Waals surface area contributed by atoms with Gasteiger partial charge >= 0.3 is 5.97 Å². The molecular weight excluding hydrogens is 282 g/mol. The summed E-state index contributed by atoms with van der Waals surface area (Å²) in [6.07, 6.45) is 4.75. The quantitative estimate of drug-likeness (QED) is 0.645. The second kappa shape index (κ2) is 7.30. The number of β-amino-alcohol motifs (C(OH)–C–C–N with tert-alkyl or cyclic N) is 1. The summed E-state index contributed by atoms with van der Waals surface area (Å²) in [5.41, 5.74) is 1.07. The van der Waals surface area contributed by atoms with Crippen molar-refractivity contribution in [1.29, 1.82) is 0 Å². The molecule has 2 rings (SSSR count). The summed E-state index contributed by atoms with van der Waals surface area (Å²) < 4.78 is 10.4. The fourth-order valence-corrected chi connectivity index (χ4v) is 2.84. The number of hydrogen-bond donors (Lipinski definition) is 1. The van der Waals surface area contributed by atoms with Crippen LogP contribution in [0.1, 0.15) is 12.5 Å². The van der Waals surface area contributed by atoms with Crippen LogP contribution in [0.5, 0.6) is 5.75 Å². The molecule has 0 aliphatic carbocycles. The molecule has 0 amide bonds. The van der Waals surface area contributed by atoms with E-state index < -0.39 is 18.2 Å². The summed E-state index contributed by atoms with van der Waals surface area (Å²) in [5.74, 6) is 2.98. The largest absolute Gasteiger partial charge is 0.497 e. The highest BCUT2D eigenvalue weighted by molar-refractivity contribution is 5.66. The normalized spacial score (nSPS) is 24.7. The first-order chi connectivity index (χ1) is 10.5. The highest BCUT2D eigenvalue weighted by atomic mass is 16.6. The molecular formula is C17H21NO4. The van der Waals surface area contributed by atoms with Crippen LogP contribution in [0.15, 0.2) is 24.3 Å². The molecule has 0 saturated carbocycles. The van der Waals surface area contributed by atoms with Gasteiger partial charge in [0.15, 0.2) is 0 Å². The van der Waals surface area contributed by atoms with Gasteiger partial charge in [0.05, 0.1) is 19.7 Å². The number of carbonyl (C=O) groups is 1. The molecule has 0 spiro atoms. The van der Waals surface area contributed by atoms with E-state index in [0.717, 1.165) is 11.3 Å². The van der Waals surface area contributed by atoms with Crippen LogP contribution in [0.25, 0.3) is 0 Å². The minimum absolute atomic E-state index is 0.136. The summed E-state index contributed by atoms with van der Waals surface area (Å²) in [4.78, 5) is 13.3. The van der Waals surface area contributed by atoms with Gasteiger partial charge in [0.1, 0.15) is 18.0 Å². The maximum atomic E-state index is 11.3. The van der Waals surface area contributed by atoms with Crippen LogP contribution < -0.4 is 4.74 Å². The SMILES string of the molecule is C#CCN1C[C@H](O)[C@@H](OC(C)=O)[C@H]1Cc1ccc(OC)cc1. The molecule has 0 radical (unpaired) electrons. The van der Waals surface area contributed by atoms with Gasteiger partial charge < -0.3 is 14.6 Å². The molecule has 1 saturated heterocycles. The summed E-state index contributed by atoms with van der Waals surface area (Å²) in [5, 5.41) is 10.2. The van der Waals surface area contributed by atoms with Crippen LogP contribution in [0.2, 0.25) is 0 Å². The van der Waals surface area contributed by atoms with Crippen molar-refractivity contribution in [3.8, 4) is 18.1 Å². The summed E-state index contributed by atoms with van der Waals surface area (Å²) in [6, 6.07) is 7.55. The lowest BCUT2D eigenvalue weighted by Gasteiger charge is -2.26. The molecule has 0 unspecified atom stereocenters. The Bertz CT molecular complexity index is 549. The van der Waals surface area contributed by atoms with E-state index in [9.17, 15) is 9.90 Å². The smallest absolute Gasteiger partial charge is 0.303 e. The Balaban J connectivity index is 2.16. The molecule has 1 N–H and O–H groups in total. The number of carbonyl (C=O) groups excluding carboxylic acids is 1. The molecule has 5 nitrogen and oxygen atoms in total. The molecule has 22 heavy (non-hydrogen) atoms. The zero-order valence-corrected chi connectivity index (χ0v) is 12.9. The fraction of sp³-hybridized carbons (Fsp3) is 0.471. The van der Waals surface area contributed by atoms with E-state index in [1.807, 2.05) is 29.2 Å². The number of benzene rings is 1. The van der Waals surface area contributed by atoms with E-state index >= 15 is 0 Å². The number of aliphatic hydroxyl groups excluding tert-OH is 1. The molecule has 5 heteroatoms. The van der Waals surface area contributed by atoms with Crippen LogP contribution in [0.4, 0.5) is 0 Å². The van der Waals surface area contributed by atoms with Crippen molar-refractivity contribution in [2.24, 2.45) is 0 Å². The molecule has 1 aromatic carbocycles. The predicted octanol–water partition coefficient (Wildman–Crippen LogP) is 0.848. The fourth-order valence-electron chi connectivity index (χ4n) is 2.84. The first-order valence-electron chi connectivity index (χ1n) is 7.21. The Morgan fingerprint density at radius 1 is 1.45 bits per heavy atom. The molecule has 0 bridgehead atoms. The first kappa shape index (κ1) is 16.3. The van der Waals surface area contributed by atoms with Gasteiger partial charge in [-0.3, -0.25) is 9.69 Å². The topological polar surface area (TPSA) is 59.0 Å². The number of methoxy groups -OCH3 is 1. The summed E-state index contributed by atoms with van der Waals surface area (Å²) in [7, 11) is 1.62. The van der Waals surface area contributed by atoms with Crippen molar-refractivity contribution in [2.45, 2.75) is 31.6 Å². The molecule has 1 fully saturated rings. The Hall–Kier alpha value is -2.03. The second-order valence-electron chi connectivity index (χ2n) is 5.39. The average molecular weight is 303 g/mol. The number of esters is 1. The first-order valence-corrected chi connectivity index (χ1v) is 7.21. The zero-order chi connectivity index (χ0) is 16.1. The Labute approximate surface area is 130 Å². The lowest BCUT2D eigenvalue weighted by Crippen LogP contribution is -2.40. The van der Waals surface area contributed by atoms with Crippen molar-refractivity contribution in [3.63, 3.8) is 0 Å². The third-order valence-corrected chi connectivity index (χ3v) is 3.85. The van der Waals surface area contributed by atoms with Crippen molar-refractivity contribution in [1.82, 2.24) is 4.90 Å². The van der Waals surface area contributed by atoms with Gasteiger partial charge in [-0.05, 0) is 24.1 Å². The van der Waals surface area contributed by atoms with Crippen molar-refractivity contribution >= 4 is 5.97 Å². The van der Waals surface area contributed by atoms with Crippen molar-refractivity contribution in [3.05, 3.63) is 29.8 Å². The number of likely N-dealkylation sites (tertiary alicyclic amines) is 1. The van der Waals surface area contributed by atoms with Crippen LogP contribution >= 0.6 is 0 Å². The number of ether oxygens (including phenoxy) is 2. The lowest BCUT2D eigenvalue weighted by molar-refractivity contribution is -0.151. The number of rotatable bonds is 5. The van der Waals surface area contributed by atoms with Gasteiger partial charge in [-0.15, -0.1) is 6.42 Å². The van der Waals surface area contributed by atoms with E-state index in [-0.39, 0.29) is 6.04 Å². The summed E-state index contributed by atoms with van der Waals surface area (Å²) in [6.45, 7) is 2.17. The molecule has 3 atom stereocenters. The van der Waals surface area contributed by atoms with Crippen molar-refractivity contribution < 1.29 is 19.4 Å². The van der Waals surface area contributed by atoms with Gasteiger partial charge in [0, 0.05) is 13.5 Å². The third kappa shape index (κ3) is 3.79. The molecule has 1 heterocycles. The maximum Gasteiger partial charge on any atom is 0.303 e. The predicted molar refractivity (Wildman–Crippen MR) is 82.5 cm³/mol. The molecule has 1 aliphatic rings. The van der Waals surface area contributed by atoms with Crippen LogP contribution in [-0.4, -0.2) is 54.4 Å². The molecule has 0 aromatic heterocycles. The molecule has 118 valence electrons. The van der Waals surface area contributed by atoms with Crippen molar-refractivity contribution in [2.75, 3.05) is 20.2 Å². The average Bonchev–Trinajstić information content (AvgIpc) is 2.76. The molecule has 1 aliphatic heterocycles. The standard InChI is InChI=1S/C17H21NO4/c1-4-9-18-11-16(20)17(22-12(2)19)15(18)10-13-5-7-14(21-3)8-6-13/h1,5-8,15-17,20H,9-11H2,2-3H3/t15-,16+,17+/m1/s1. The minimum atomic E-state index is -0.722. The van der Waals surface area contributed by atoms with Gasteiger partial charge in [-0.2, -0.15) is 0 Å².